The van der Waals surface area contributed by atoms with Crippen molar-refractivity contribution in [3.05, 3.63) is 12.7 Å². The maximum atomic E-state index is 12.3. The number of aliphatic hydroxyl groups excluding tert-OH is 1. The number of nitrogens with zero attached hydrogens (tertiary/aromatic N) is 4. The molecule has 0 aliphatic heterocycles. The van der Waals surface area contributed by atoms with E-state index in [2.05, 4.69) is 15.0 Å². The van der Waals surface area contributed by atoms with Crippen LogP contribution in [0.4, 0.5) is 5.82 Å². The standard InChI is InChI=1S/C13H22N5O5P/c1-3-22-24(20,23-4-2)6-5-10(19)7-21-18-9-17-11-12(14)15-8-16-13(11)18/h8-10,19H,3-7H2,1-2H3,(H2,14,15,16). The van der Waals surface area contributed by atoms with E-state index in [1.807, 2.05) is 0 Å². The molecule has 1 atom stereocenters. The summed E-state index contributed by atoms with van der Waals surface area (Å²) in [6, 6.07) is 0. The van der Waals surface area contributed by atoms with Crippen molar-refractivity contribution in [1.82, 2.24) is 19.7 Å². The van der Waals surface area contributed by atoms with Gasteiger partial charge < -0.3 is 24.7 Å². The van der Waals surface area contributed by atoms with E-state index in [4.69, 9.17) is 19.6 Å². The molecular weight excluding hydrogens is 337 g/mol. The third-order valence-corrected chi connectivity index (χ3v) is 5.23. The zero-order valence-corrected chi connectivity index (χ0v) is 14.6. The van der Waals surface area contributed by atoms with E-state index in [1.165, 1.54) is 17.4 Å². The van der Waals surface area contributed by atoms with Crippen LogP contribution >= 0.6 is 7.60 Å². The Kier molecular flexibility index (Phi) is 6.50. The van der Waals surface area contributed by atoms with Crippen LogP contribution in [-0.2, 0) is 13.6 Å². The molecule has 0 aromatic carbocycles. The van der Waals surface area contributed by atoms with Crippen LogP contribution in [0.3, 0.4) is 0 Å². The number of anilines is 1. The summed E-state index contributed by atoms with van der Waals surface area (Å²) in [5.41, 5.74) is 6.51. The molecule has 0 spiro atoms. The quantitative estimate of drug-likeness (QED) is 0.592. The van der Waals surface area contributed by atoms with Crippen molar-refractivity contribution in [3.63, 3.8) is 0 Å². The Labute approximate surface area is 139 Å². The summed E-state index contributed by atoms with van der Waals surface area (Å²) in [5.74, 6) is 0.247. The van der Waals surface area contributed by atoms with Crippen molar-refractivity contribution in [1.29, 1.82) is 0 Å². The van der Waals surface area contributed by atoms with E-state index < -0.39 is 13.7 Å². The van der Waals surface area contributed by atoms with Gasteiger partial charge >= 0.3 is 7.60 Å². The molecule has 2 aromatic heterocycles. The van der Waals surface area contributed by atoms with Gasteiger partial charge in [-0.05, 0) is 20.3 Å². The molecular formula is C13H22N5O5P. The van der Waals surface area contributed by atoms with Gasteiger partial charge in [0.2, 0.25) is 5.65 Å². The number of hydrogen-bond acceptors (Lipinski definition) is 9. The molecule has 0 fully saturated rings. The lowest BCUT2D eigenvalue weighted by Crippen LogP contribution is -2.24. The van der Waals surface area contributed by atoms with Gasteiger partial charge in [-0.25, -0.2) is 15.0 Å². The SMILES string of the molecule is CCOP(=O)(CCC(O)COn1cnc2c(N)ncnc21)OCC. The minimum Gasteiger partial charge on any atom is -0.408 e. The first-order valence-corrected chi connectivity index (χ1v) is 9.35. The van der Waals surface area contributed by atoms with Gasteiger partial charge in [-0.2, -0.15) is 4.73 Å². The number of fused-ring (bicyclic) bond motifs is 1. The van der Waals surface area contributed by atoms with Gasteiger partial charge in [0.15, 0.2) is 11.3 Å². The van der Waals surface area contributed by atoms with E-state index in [1.54, 1.807) is 13.8 Å². The molecule has 0 aliphatic carbocycles. The Bertz CT molecular complexity index is 699. The Hall–Kier alpha value is -1.74. The van der Waals surface area contributed by atoms with Gasteiger partial charge in [0.05, 0.1) is 25.5 Å². The van der Waals surface area contributed by atoms with E-state index in [-0.39, 0.29) is 38.2 Å². The minimum absolute atomic E-state index is 0.0341. The number of aromatic nitrogens is 4. The maximum absolute atomic E-state index is 12.3. The highest BCUT2D eigenvalue weighted by molar-refractivity contribution is 7.53. The van der Waals surface area contributed by atoms with Gasteiger partial charge in [0, 0.05) is 0 Å². The molecule has 0 aliphatic rings. The Morgan fingerprint density at radius 1 is 1.29 bits per heavy atom. The van der Waals surface area contributed by atoms with Crippen LogP contribution in [-0.4, -0.2) is 56.9 Å². The van der Waals surface area contributed by atoms with Crippen LogP contribution in [0.2, 0.25) is 0 Å². The second-order valence-electron chi connectivity index (χ2n) is 4.91. The fourth-order valence-corrected chi connectivity index (χ4v) is 3.78. The summed E-state index contributed by atoms with van der Waals surface area (Å²) in [4.78, 5) is 17.4. The zero-order chi connectivity index (χ0) is 17.6. The van der Waals surface area contributed by atoms with Gasteiger partial charge in [-0.1, -0.05) is 0 Å². The lowest BCUT2D eigenvalue weighted by atomic mass is 10.3. The fraction of sp³-hybridized carbons (Fsp3) is 0.615. The summed E-state index contributed by atoms with van der Waals surface area (Å²) in [6.45, 7) is 4.01. The first-order chi connectivity index (χ1) is 11.5. The van der Waals surface area contributed by atoms with Crippen molar-refractivity contribution < 1.29 is 23.6 Å². The first-order valence-electron chi connectivity index (χ1n) is 7.62. The predicted molar refractivity (Wildman–Crippen MR) is 87.5 cm³/mol. The van der Waals surface area contributed by atoms with Crippen molar-refractivity contribution in [2.75, 3.05) is 31.7 Å². The van der Waals surface area contributed by atoms with Crippen LogP contribution in [0.1, 0.15) is 20.3 Å². The third kappa shape index (κ3) is 4.64. The second kappa shape index (κ2) is 8.39. The van der Waals surface area contributed by atoms with Gasteiger partial charge in [0.1, 0.15) is 19.3 Å². The molecule has 3 N–H and O–H groups in total. The molecule has 0 bridgehead atoms. The van der Waals surface area contributed by atoms with E-state index >= 15 is 0 Å². The lowest BCUT2D eigenvalue weighted by molar-refractivity contribution is 0.0284. The van der Waals surface area contributed by atoms with Gasteiger partial charge in [-0.15, -0.1) is 0 Å². The summed E-state index contributed by atoms with van der Waals surface area (Å²) >= 11 is 0. The second-order valence-corrected chi connectivity index (χ2v) is 7.10. The number of aliphatic hydroxyl groups is 1. The number of imidazole rings is 1. The van der Waals surface area contributed by atoms with Crippen LogP contribution in [0.15, 0.2) is 12.7 Å². The van der Waals surface area contributed by atoms with Crippen molar-refractivity contribution in [3.8, 4) is 0 Å². The molecule has 0 saturated carbocycles. The van der Waals surface area contributed by atoms with Crippen LogP contribution in [0.5, 0.6) is 0 Å². The molecule has 2 rings (SSSR count). The molecule has 11 heteroatoms. The number of rotatable bonds is 10. The normalized spacial score (nSPS) is 13.3. The maximum Gasteiger partial charge on any atom is 0.330 e. The molecule has 1 unspecified atom stereocenters. The summed E-state index contributed by atoms with van der Waals surface area (Å²) < 4.78 is 24.0. The van der Waals surface area contributed by atoms with Crippen LogP contribution in [0.25, 0.3) is 11.2 Å². The molecule has 134 valence electrons. The topological polar surface area (TPSA) is 135 Å². The average molecular weight is 359 g/mol. The summed E-state index contributed by atoms with van der Waals surface area (Å²) in [6.07, 6.45) is 2.17. The summed E-state index contributed by atoms with van der Waals surface area (Å²) in [5, 5.41) is 10.0. The lowest BCUT2D eigenvalue weighted by Gasteiger charge is -2.18. The molecule has 10 nitrogen and oxygen atoms in total. The first kappa shape index (κ1) is 18.6. The van der Waals surface area contributed by atoms with E-state index in [0.717, 1.165) is 0 Å². The van der Waals surface area contributed by atoms with Crippen molar-refractivity contribution >= 4 is 24.6 Å². The Morgan fingerprint density at radius 2 is 2.00 bits per heavy atom. The monoisotopic (exact) mass is 359 g/mol. The molecule has 2 heterocycles. The third-order valence-electron chi connectivity index (χ3n) is 3.13. The minimum atomic E-state index is -3.17. The molecule has 0 radical (unpaired) electrons. The van der Waals surface area contributed by atoms with E-state index in [0.29, 0.717) is 11.2 Å². The highest BCUT2D eigenvalue weighted by Gasteiger charge is 2.25. The largest absolute Gasteiger partial charge is 0.408 e. The van der Waals surface area contributed by atoms with Gasteiger partial charge in [-0.3, -0.25) is 4.57 Å². The van der Waals surface area contributed by atoms with Crippen molar-refractivity contribution in [2.24, 2.45) is 0 Å². The smallest absolute Gasteiger partial charge is 0.330 e. The van der Waals surface area contributed by atoms with Crippen molar-refractivity contribution in [2.45, 2.75) is 26.4 Å². The highest BCUT2D eigenvalue weighted by Crippen LogP contribution is 2.48. The molecule has 2 aromatic rings. The molecule has 0 saturated heterocycles. The highest BCUT2D eigenvalue weighted by atomic mass is 31.2. The number of hydrogen-bond donors (Lipinski definition) is 2. The molecule has 24 heavy (non-hydrogen) atoms. The van der Waals surface area contributed by atoms with Crippen LogP contribution in [0, 0.1) is 0 Å². The molecule has 0 amide bonds. The number of nitrogens with two attached hydrogens (primary N) is 1. The Morgan fingerprint density at radius 3 is 2.67 bits per heavy atom. The zero-order valence-electron chi connectivity index (χ0n) is 13.7. The van der Waals surface area contributed by atoms with Gasteiger partial charge in [0.25, 0.3) is 0 Å². The average Bonchev–Trinajstić information content (AvgIpc) is 2.96. The predicted octanol–water partition coefficient (Wildman–Crippen LogP) is 0.854. The summed E-state index contributed by atoms with van der Waals surface area (Å²) in [7, 11) is -3.17. The number of nitrogen functional groups attached to an aromatic ring is 1. The van der Waals surface area contributed by atoms with E-state index in [9.17, 15) is 9.67 Å². The van der Waals surface area contributed by atoms with Crippen LogP contribution < -0.4 is 10.6 Å². The fourth-order valence-electron chi connectivity index (χ4n) is 2.04. The Balaban J connectivity index is 1.89.